The average Bonchev–Trinajstić information content (AvgIpc) is 3.08. The molecule has 177 valence electrons. The smallest absolute Gasteiger partial charge is 0.411 e. The summed E-state index contributed by atoms with van der Waals surface area (Å²) in [5.41, 5.74) is 3.20. The van der Waals surface area contributed by atoms with Crippen LogP contribution in [0.25, 0.3) is 0 Å². The first-order valence-corrected chi connectivity index (χ1v) is 10.9. The van der Waals surface area contributed by atoms with E-state index in [1.54, 1.807) is 19.9 Å². The summed E-state index contributed by atoms with van der Waals surface area (Å²) >= 11 is 0. The van der Waals surface area contributed by atoms with Gasteiger partial charge in [0.2, 0.25) is 0 Å². The van der Waals surface area contributed by atoms with Gasteiger partial charge in [-0.2, -0.15) is 13.2 Å². The number of carbonyl (C=O) groups is 1. The van der Waals surface area contributed by atoms with E-state index in [-0.39, 0.29) is 6.61 Å². The second kappa shape index (κ2) is 8.39. The lowest BCUT2D eigenvalue weighted by Crippen LogP contribution is -2.56. The fourth-order valence-electron chi connectivity index (χ4n) is 4.94. The Hall–Kier alpha value is -2.48. The fourth-order valence-corrected chi connectivity index (χ4v) is 4.94. The molecule has 2 aromatic carbocycles. The molecular weight excluding hydrogens is 430 g/mol. The maximum absolute atomic E-state index is 14.2. The molecule has 1 radical (unpaired) electrons. The quantitative estimate of drug-likeness (QED) is 0.439. The molecule has 1 atom stereocenters. The molecule has 3 rings (SSSR count). The molecule has 0 bridgehead atoms. The van der Waals surface area contributed by atoms with Crippen molar-refractivity contribution in [3.05, 3.63) is 62.7 Å². The molecule has 0 saturated carbocycles. The van der Waals surface area contributed by atoms with Crippen molar-refractivity contribution in [3.63, 3.8) is 0 Å². The molecule has 8 heteroatoms. The number of carbonyl (C=O) groups excluding carboxylic acids is 1. The van der Waals surface area contributed by atoms with Gasteiger partial charge in [-0.3, -0.25) is 0 Å². The van der Waals surface area contributed by atoms with Crippen LogP contribution < -0.4 is 5.23 Å². The summed E-state index contributed by atoms with van der Waals surface area (Å²) in [4.78, 5) is 11.6. The predicted octanol–water partition coefficient (Wildman–Crippen LogP) is 5.55. The number of halogens is 3. The second-order valence-corrected chi connectivity index (χ2v) is 9.72. The molecule has 0 aliphatic carbocycles. The third kappa shape index (κ3) is 4.50. The van der Waals surface area contributed by atoms with Gasteiger partial charge in [-0.1, -0.05) is 13.8 Å². The Morgan fingerprint density at radius 1 is 1.00 bits per heavy atom. The van der Waals surface area contributed by atoms with Gasteiger partial charge in [0.15, 0.2) is 5.50 Å². The molecule has 0 aromatic heterocycles. The van der Waals surface area contributed by atoms with Crippen molar-refractivity contribution >= 4 is 19.1 Å². The van der Waals surface area contributed by atoms with E-state index in [1.807, 2.05) is 34.6 Å². The van der Waals surface area contributed by atoms with Crippen LogP contribution in [-0.4, -0.2) is 30.2 Å². The van der Waals surface area contributed by atoms with Crippen LogP contribution in [0.5, 0.6) is 0 Å². The van der Waals surface area contributed by atoms with E-state index < -0.39 is 29.5 Å². The Kier molecular flexibility index (Phi) is 6.39. The van der Waals surface area contributed by atoms with Crippen molar-refractivity contribution in [2.24, 2.45) is 0 Å². The van der Waals surface area contributed by atoms with E-state index >= 15 is 0 Å². The van der Waals surface area contributed by atoms with E-state index in [2.05, 4.69) is 5.23 Å². The Balaban J connectivity index is 1.93. The van der Waals surface area contributed by atoms with Gasteiger partial charge in [-0.05, 0) is 98.0 Å². The van der Waals surface area contributed by atoms with Crippen LogP contribution in [-0.2, 0) is 16.8 Å². The normalized spacial score (nSPS) is 15.7. The lowest BCUT2D eigenvalue weighted by molar-refractivity contribution is -0.231. The Morgan fingerprint density at radius 3 is 2.09 bits per heavy atom. The van der Waals surface area contributed by atoms with Crippen LogP contribution in [0.1, 0.15) is 69.6 Å². The van der Waals surface area contributed by atoms with Gasteiger partial charge in [0.05, 0.1) is 5.56 Å². The van der Waals surface area contributed by atoms with Crippen LogP contribution in [0, 0.1) is 34.6 Å². The molecule has 0 amide bonds. The molecular formula is C25H30BF3NO3. The van der Waals surface area contributed by atoms with E-state index in [4.69, 9.17) is 4.74 Å². The monoisotopic (exact) mass is 460 g/mol. The van der Waals surface area contributed by atoms with Crippen molar-refractivity contribution in [2.45, 2.75) is 78.6 Å². The summed E-state index contributed by atoms with van der Waals surface area (Å²) < 4.78 is 47.4. The molecule has 4 nitrogen and oxygen atoms in total. The maximum atomic E-state index is 14.2. The van der Waals surface area contributed by atoms with Crippen LogP contribution in [0.3, 0.4) is 0 Å². The number of rotatable bonds is 6. The van der Waals surface area contributed by atoms with E-state index in [0.29, 0.717) is 24.2 Å². The van der Waals surface area contributed by atoms with Gasteiger partial charge < -0.3 is 15.1 Å². The minimum atomic E-state index is -4.90. The minimum absolute atomic E-state index is 0.0743. The van der Waals surface area contributed by atoms with Crippen LogP contribution in [0.2, 0.25) is 0 Å². The summed E-state index contributed by atoms with van der Waals surface area (Å²) in [6.07, 6.45) is -5.46. The third-order valence-electron chi connectivity index (χ3n) is 7.04. The number of alkyl halides is 3. The highest BCUT2D eigenvalue weighted by Gasteiger charge is 2.56. The van der Waals surface area contributed by atoms with Crippen molar-refractivity contribution < 1.29 is 27.8 Å². The highest BCUT2D eigenvalue weighted by atomic mass is 19.4. The Morgan fingerprint density at radius 2 is 1.55 bits per heavy atom. The zero-order valence-corrected chi connectivity index (χ0v) is 20.1. The molecule has 2 aromatic rings. The average molecular weight is 460 g/mol. The molecule has 1 aliphatic heterocycles. The minimum Gasteiger partial charge on any atom is -0.457 e. The molecule has 2 N–H and O–H groups in total. The number of fused-ring (bicyclic) bond motifs is 1. The molecule has 1 aliphatic rings. The lowest BCUT2D eigenvalue weighted by atomic mass is 9.60. The number of esters is 1. The standard InChI is InChI=1S/C25H30BF3NO3/c1-13-14(2)16(4)21(17(5)15(13)3)23(6,7)12-24(32,25(27,28)29)26-30-19-8-9-20-18(10-19)11-33-22(20)31/h8-10,30,32H,11-12H2,1-7H3. The number of benzene rings is 2. The number of ether oxygens (including phenoxy) is 1. The largest absolute Gasteiger partial charge is 0.457 e. The fraction of sp³-hybridized carbons (Fsp3) is 0.480. The highest BCUT2D eigenvalue weighted by molar-refractivity contribution is 6.44. The number of anilines is 1. The van der Waals surface area contributed by atoms with Gasteiger partial charge >= 0.3 is 12.1 Å². The Bertz CT molecular complexity index is 1080. The number of hydrogen-bond donors (Lipinski definition) is 2. The molecule has 0 spiro atoms. The SMILES string of the molecule is Cc1c(C)c(C)c(C(C)(C)CC(O)([B]Nc2ccc3c(c2)COC3=O)C(F)(F)F)c(C)c1C. The van der Waals surface area contributed by atoms with Crippen molar-refractivity contribution in [3.8, 4) is 0 Å². The third-order valence-corrected chi connectivity index (χ3v) is 7.04. The van der Waals surface area contributed by atoms with Gasteiger partial charge in [0.1, 0.15) is 6.61 Å². The first kappa shape index (κ1) is 25.2. The predicted molar refractivity (Wildman–Crippen MR) is 124 cm³/mol. The Labute approximate surface area is 193 Å². The molecule has 0 fully saturated rings. The van der Waals surface area contributed by atoms with E-state index in [1.165, 1.54) is 12.1 Å². The van der Waals surface area contributed by atoms with Crippen molar-refractivity contribution in [1.82, 2.24) is 0 Å². The van der Waals surface area contributed by atoms with Crippen LogP contribution in [0.15, 0.2) is 18.2 Å². The lowest BCUT2D eigenvalue weighted by Gasteiger charge is -2.39. The first-order valence-electron chi connectivity index (χ1n) is 10.9. The van der Waals surface area contributed by atoms with E-state index in [9.17, 15) is 23.1 Å². The molecule has 1 unspecified atom stereocenters. The van der Waals surface area contributed by atoms with Crippen LogP contribution >= 0.6 is 0 Å². The topological polar surface area (TPSA) is 58.6 Å². The zero-order valence-electron chi connectivity index (χ0n) is 20.1. The van der Waals surface area contributed by atoms with Gasteiger partial charge in [-0.15, -0.1) is 0 Å². The number of nitrogens with one attached hydrogen (secondary N) is 1. The molecule has 33 heavy (non-hydrogen) atoms. The number of cyclic esters (lactones) is 1. The van der Waals surface area contributed by atoms with Gasteiger partial charge in [0, 0.05) is 11.3 Å². The van der Waals surface area contributed by atoms with E-state index in [0.717, 1.165) is 33.4 Å². The summed E-state index contributed by atoms with van der Waals surface area (Å²) in [6, 6.07) is 4.55. The second-order valence-electron chi connectivity index (χ2n) is 9.72. The summed E-state index contributed by atoms with van der Waals surface area (Å²) in [5.74, 6) is -0.455. The number of hydrogen-bond acceptors (Lipinski definition) is 4. The maximum Gasteiger partial charge on any atom is 0.411 e. The molecule has 1 heterocycles. The van der Waals surface area contributed by atoms with Crippen molar-refractivity contribution in [2.75, 3.05) is 5.23 Å². The van der Waals surface area contributed by atoms with Crippen molar-refractivity contribution in [1.29, 1.82) is 0 Å². The summed E-state index contributed by atoms with van der Waals surface area (Å²) in [5, 5.41) is 13.5. The summed E-state index contributed by atoms with van der Waals surface area (Å²) in [7, 11) is 0.701. The first-order chi connectivity index (χ1) is 15.1. The highest BCUT2D eigenvalue weighted by Crippen LogP contribution is 2.44. The van der Waals surface area contributed by atoms with Crippen LogP contribution in [0.4, 0.5) is 18.9 Å². The zero-order chi connectivity index (χ0) is 24.9. The number of aliphatic hydroxyl groups is 1. The summed E-state index contributed by atoms with van der Waals surface area (Å²) in [6.45, 7) is 13.4. The van der Waals surface area contributed by atoms with Gasteiger partial charge in [0.25, 0.3) is 7.41 Å². The van der Waals surface area contributed by atoms with Gasteiger partial charge in [-0.25, -0.2) is 4.79 Å². The molecule has 0 saturated heterocycles.